The zero-order valence-corrected chi connectivity index (χ0v) is 12.6. The molecule has 6 nitrogen and oxygen atoms in total. The second-order valence-electron chi connectivity index (χ2n) is 5.31. The fraction of sp³-hybridized carbons (Fsp3) is 0.615. The van der Waals surface area contributed by atoms with E-state index in [0.29, 0.717) is 25.4 Å². The van der Waals surface area contributed by atoms with E-state index in [1.807, 2.05) is 6.92 Å². The number of hydrogen-bond acceptors (Lipinski definition) is 4. The lowest BCUT2D eigenvalue weighted by Crippen LogP contribution is -2.43. The second kappa shape index (κ2) is 5.97. The van der Waals surface area contributed by atoms with Gasteiger partial charge < -0.3 is 9.32 Å². The van der Waals surface area contributed by atoms with Gasteiger partial charge in [-0.1, -0.05) is 0 Å². The van der Waals surface area contributed by atoms with E-state index in [9.17, 15) is 13.2 Å². The van der Waals surface area contributed by atoms with Crippen molar-refractivity contribution in [3.8, 4) is 0 Å². The fourth-order valence-corrected chi connectivity index (χ4v) is 2.96. The van der Waals surface area contributed by atoms with Crippen molar-refractivity contribution in [2.75, 3.05) is 25.9 Å². The maximum Gasteiger partial charge on any atom is 0.289 e. The molecule has 112 valence electrons. The number of aryl methyl sites for hydroxylation is 1. The van der Waals surface area contributed by atoms with Gasteiger partial charge in [0.25, 0.3) is 5.91 Å². The molecule has 0 radical (unpaired) electrons. The van der Waals surface area contributed by atoms with Gasteiger partial charge in [0.05, 0.1) is 12.5 Å². The number of hydrogen-bond donors (Lipinski definition) is 1. The molecule has 1 saturated heterocycles. The second-order valence-corrected chi connectivity index (χ2v) is 7.15. The summed E-state index contributed by atoms with van der Waals surface area (Å²) in [6.07, 6.45) is 4.45. The predicted molar refractivity (Wildman–Crippen MR) is 74.9 cm³/mol. The van der Waals surface area contributed by atoms with E-state index in [0.717, 1.165) is 24.7 Å². The smallest absolute Gasteiger partial charge is 0.289 e. The van der Waals surface area contributed by atoms with Gasteiger partial charge in [0.2, 0.25) is 10.0 Å². The maximum atomic E-state index is 12.3. The highest BCUT2D eigenvalue weighted by Gasteiger charge is 2.27. The number of rotatable bonds is 4. The molecule has 2 rings (SSSR count). The summed E-state index contributed by atoms with van der Waals surface area (Å²) >= 11 is 0. The highest BCUT2D eigenvalue weighted by molar-refractivity contribution is 7.88. The van der Waals surface area contributed by atoms with Crippen LogP contribution in [0.25, 0.3) is 0 Å². The number of amides is 1. The van der Waals surface area contributed by atoms with Gasteiger partial charge in [-0.3, -0.25) is 4.79 Å². The minimum absolute atomic E-state index is 0.114. The van der Waals surface area contributed by atoms with Crippen molar-refractivity contribution in [3.05, 3.63) is 23.7 Å². The summed E-state index contributed by atoms with van der Waals surface area (Å²) in [6.45, 7) is 3.46. The molecule has 0 aromatic carbocycles. The summed E-state index contributed by atoms with van der Waals surface area (Å²) in [4.78, 5) is 14.1. The van der Waals surface area contributed by atoms with Crippen LogP contribution in [0.1, 0.15) is 29.0 Å². The summed E-state index contributed by atoms with van der Waals surface area (Å²) in [7, 11) is -3.18. The molecule has 1 aromatic heterocycles. The monoisotopic (exact) mass is 300 g/mol. The van der Waals surface area contributed by atoms with Gasteiger partial charge in [-0.25, -0.2) is 13.1 Å². The molecule has 0 spiro atoms. The van der Waals surface area contributed by atoms with Crippen molar-refractivity contribution in [1.29, 1.82) is 0 Å². The Balaban J connectivity index is 1.97. The van der Waals surface area contributed by atoms with Gasteiger partial charge in [0.1, 0.15) is 0 Å². The average molecular weight is 300 g/mol. The van der Waals surface area contributed by atoms with E-state index in [-0.39, 0.29) is 11.8 Å². The molecule has 1 aliphatic heterocycles. The fourth-order valence-electron chi connectivity index (χ4n) is 2.42. The van der Waals surface area contributed by atoms with Crippen LogP contribution in [0.2, 0.25) is 0 Å². The number of carbonyl (C=O) groups is 1. The molecule has 1 fully saturated rings. The Morgan fingerprint density at radius 1 is 1.55 bits per heavy atom. The number of furan rings is 1. The summed E-state index contributed by atoms with van der Waals surface area (Å²) < 4.78 is 30.0. The molecule has 20 heavy (non-hydrogen) atoms. The van der Waals surface area contributed by atoms with Crippen molar-refractivity contribution < 1.29 is 17.6 Å². The number of piperidine rings is 1. The molecule has 7 heteroatoms. The number of nitrogens with zero attached hydrogens (tertiary/aromatic N) is 1. The van der Waals surface area contributed by atoms with Crippen LogP contribution in [0.3, 0.4) is 0 Å². The van der Waals surface area contributed by atoms with E-state index in [4.69, 9.17) is 4.42 Å². The Hall–Kier alpha value is -1.34. The molecule has 0 aliphatic carbocycles. The lowest BCUT2D eigenvalue weighted by Gasteiger charge is -2.32. The van der Waals surface area contributed by atoms with Crippen LogP contribution in [-0.2, 0) is 10.0 Å². The Bertz CT molecular complexity index is 579. The van der Waals surface area contributed by atoms with Crippen LogP contribution in [0, 0.1) is 12.8 Å². The summed E-state index contributed by atoms with van der Waals surface area (Å²) in [5.74, 6) is 0.413. The number of sulfonamides is 1. The minimum atomic E-state index is -3.18. The Morgan fingerprint density at radius 3 is 2.90 bits per heavy atom. The van der Waals surface area contributed by atoms with Crippen LogP contribution in [0.15, 0.2) is 16.7 Å². The van der Waals surface area contributed by atoms with Crippen LogP contribution in [0.4, 0.5) is 0 Å². The maximum absolute atomic E-state index is 12.3. The van der Waals surface area contributed by atoms with Gasteiger partial charge >= 0.3 is 0 Å². The van der Waals surface area contributed by atoms with E-state index >= 15 is 0 Å². The highest BCUT2D eigenvalue weighted by atomic mass is 32.2. The number of carbonyl (C=O) groups excluding carboxylic acids is 1. The molecule has 0 saturated carbocycles. The van der Waals surface area contributed by atoms with Crippen molar-refractivity contribution in [2.45, 2.75) is 19.8 Å². The zero-order valence-electron chi connectivity index (χ0n) is 11.8. The molecule has 1 amide bonds. The first kappa shape index (κ1) is 15.1. The van der Waals surface area contributed by atoms with Crippen molar-refractivity contribution >= 4 is 15.9 Å². The first-order valence-electron chi connectivity index (χ1n) is 6.65. The largest absolute Gasteiger partial charge is 0.459 e. The lowest BCUT2D eigenvalue weighted by atomic mass is 9.98. The molecule has 1 aromatic rings. The molecule has 1 aliphatic rings. The van der Waals surface area contributed by atoms with Gasteiger partial charge in [-0.15, -0.1) is 0 Å². The van der Waals surface area contributed by atoms with Crippen molar-refractivity contribution in [2.24, 2.45) is 5.92 Å². The van der Waals surface area contributed by atoms with Crippen LogP contribution >= 0.6 is 0 Å². The van der Waals surface area contributed by atoms with E-state index < -0.39 is 10.0 Å². The predicted octanol–water partition coefficient (Wildman–Crippen LogP) is 0.989. The van der Waals surface area contributed by atoms with Gasteiger partial charge in [0, 0.05) is 25.2 Å². The standard InChI is InChI=1S/C13H20N2O4S/c1-10-5-7-19-12(10)13(16)15-6-3-4-11(9-15)8-14-20(2,17)18/h5,7,11,14H,3-4,6,8-9H2,1-2H3/t11-/m0/s1. The first-order chi connectivity index (χ1) is 9.37. The van der Waals surface area contributed by atoms with E-state index in [1.165, 1.54) is 6.26 Å². The Labute approximate surface area is 119 Å². The highest BCUT2D eigenvalue weighted by Crippen LogP contribution is 2.20. The van der Waals surface area contributed by atoms with Crippen LogP contribution < -0.4 is 4.72 Å². The van der Waals surface area contributed by atoms with Gasteiger partial charge in [0.15, 0.2) is 5.76 Å². The molecule has 0 unspecified atom stereocenters. The Morgan fingerprint density at radius 2 is 2.30 bits per heavy atom. The topological polar surface area (TPSA) is 79.6 Å². The summed E-state index contributed by atoms with van der Waals surface area (Å²) in [5.41, 5.74) is 0.825. The van der Waals surface area contributed by atoms with Crippen molar-refractivity contribution in [3.63, 3.8) is 0 Å². The molecule has 2 heterocycles. The average Bonchev–Trinajstić information content (AvgIpc) is 2.81. The third kappa shape index (κ3) is 3.83. The van der Waals surface area contributed by atoms with Crippen molar-refractivity contribution in [1.82, 2.24) is 9.62 Å². The van der Waals surface area contributed by atoms with Crippen LogP contribution in [-0.4, -0.2) is 45.1 Å². The van der Waals surface area contributed by atoms with E-state index in [1.54, 1.807) is 11.0 Å². The summed E-state index contributed by atoms with van der Waals surface area (Å²) in [5, 5.41) is 0. The summed E-state index contributed by atoms with van der Waals surface area (Å²) in [6, 6.07) is 1.76. The SMILES string of the molecule is Cc1ccoc1C(=O)N1CCC[C@@H](CNS(C)(=O)=O)C1. The normalized spacial score (nSPS) is 20.1. The van der Waals surface area contributed by atoms with Gasteiger partial charge in [-0.05, 0) is 31.7 Å². The van der Waals surface area contributed by atoms with Crippen LogP contribution in [0.5, 0.6) is 0 Å². The van der Waals surface area contributed by atoms with Gasteiger partial charge in [-0.2, -0.15) is 0 Å². The molecule has 1 atom stereocenters. The first-order valence-corrected chi connectivity index (χ1v) is 8.54. The molecular weight excluding hydrogens is 280 g/mol. The Kier molecular flexibility index (Phi) is 4.49. The molecule has 0 bridgehead atoms. The number of nitrogens with one attached hydrogen (secondary N) is 1. The third-order valence-corrected chi connectivity index (χ3v) is 4.19. The molecular formula is C13H20N2O4S. The molecule has 1 N–H and O–H groups in total. The number of likely N-dealkylation sites (tertiary alicyclic amines) is 1. The van der Waals surface area contributed by atoms with E-state index in [2.05, 4.69) is 4.72 Å². The quantitative estimate of drug-likeness (QED) is 0.899. The third-order valence-electron chi connectivity index (χ3n) is 3.50. The lowest BCUT2D eigenvalue weighted by molar-refractivity contribution is 0.0643. The zero-order chi connectivity index (χ0) is 14.8. The minimum Gasteiger partial charge on any atom is -0.459 e.